The smallest absolute Gasteiger partial charge is 0.212 e. The molecule has 1 fully saturated rings. The fraction of sp³-hybridized carbons (Fsp3) is 0.643. The summed E-state index contributed by atoms with van der Waals surface area (Å²) >= 11 is 0. The Bertz CT molecular complexity index is 345. The monoisotopic (exact) mass is 251 g/mol. The van der Waals surface area contributed by atoms with Crippen molar-refractivity contribution in [3.05, 3.63) is 24.3 Å². The van der Waals surface area contributed by atoms with Crippen LogP contribution in [0, 0.1) is 5.95 Å². The van der Waals surface area contributed by atoms with Crippen LogP contribution >= 0.6 is 0 Å². The Morgan fingerprint density at radius 1 is 1.44 bits per heavy atom. The molecule has 1 aromatic heterocycles. The van der Waals surface area contributed by atoms with Crippen molar-refractivity contribution in [1.29, 1.82) is 0 Å². The molecule has 2 atom stereocenters. The van der Waals surface area contributed by atoms with Gasteiger partial charge in [0.25, 0.3) is 0 Å². The average Bonchev–Trinajstić information content (AvgIpc) is 2.61. The summed E-state index contributed by atoms with van der Waals surface area (Å²) < 4.78 is 12.7. The standard InChI is InChI=1S/C14H22FN3/c1-11(9-12-5-3-2-4-8-16-12)18-13-6-7-14(15)17-10-13/h6-7,10-12,16,18H,2-5,8-9H2,1H3. The van der Waals surface area contributed by atoms with Gasteiger partial charge in [0.15, 0.2) is 0 Å². The topological polar surface area (TPSA) is 37.0 Å². The molecule has 1 aliphatic rings. The molecule has 0 aliphatic carbocycles. The molecule has 100 valence electrons. The van der Waals surface area contributed by atoms with Crippen LogP contribution in [0.15, 0.2) is 18.3 Å². The Kier molecular flexibility index (Phi) is 4.93. The highest BCUT2D eigenvalue weighted by molar-refractivity contribution is 5.40. The molecule has 0 radical (unpaired) electrons. The highest BCUT2D eigenvalue weighted by Crippen LogP contribution is 2.15. The molecule has 0 bridgehead atoms. The fourth-order valence-electron chi connectivity index (χ4n) is 2.53. The number of hydrogen-bond donors (Lipinski definition) is 2. The van der Waals surface area contributed by atoms with Gasteiger partial charge in [-0.2, -0.15) is 4.39 Å². The summed E-state index contributed by atoms with van der Waals surface area (Å²) in [7, 11) is 0. The van der Waals surface area contributed by atoms with Crippen LogP contribution in [-0.2, 0) is 0 Å². The lowest BCUT2D eigenvalue weighted by atomic mass is 10.0. The highest BCUT2D eigenvalue weighted by Gasteiger charge is 2.14. The summed E-state index contributed by atoms with van der Waals surface area (Å²) in [5, 5.41) is 6.96. The average molecular weight is 251 g/mol. The molecule has 2 rings (SSSR count). The Hall–Kier alpha value is -1.16. The molecule has 1 aromatic rings. The molecule has 0 aromatic carbocycles. The van der Waals surface area contributed by atoms with Gasteiger partial charge in [0.1, 0.15) is 0 Å². The van der Waals surface area contributed by atoms with Gasteiger partial charge >= 0.3 is 0 Å². The van der Waals surface area contributed by atoms with E-state index in [1.807, 2.05) is 0 Å². The van der Waals surface area contributed by atoms with Gasteiger partial charge in [-0.05, 0) is 44.9 Å². The summed E-state index contributed by atoms with van der Waals surface area (Å²) in [5.41, 5.74) is 0.887. The third kappa shape index (κ3) is 4.26. The SMILES string of the molecule is CC(CC1CCCCCN1)Nc1ccc(F)nc1. The summed E-state index contributed by atoms with van der Waals surface area (Å²) in [4.78, 5) is 3.65. The van der Waals surface area contributed by atoms with E-state index in [9.17, 15) is 4.39 Å². The van der Waals surface area contributed by atoms with E-state index in [4.69, 9.17) is 0 Å². The maximum Gasteiger partial charge on any atom is 0.212 e. The van der Waals surface area contributed by atoms with Crippen molar-refractivity contribution in [3.8, 4) is 0 Å². The van der Waals surface area contributed by atoms with Gasteiger partial charge in [0, 0.05) is 12.1 Å². The first-order valence-corrected chi connectivity index (χ1v) is 6.85. The molecule has 2 unspecified atom stereocenters. The van der Waals surface area contributed by atoms with Gasteiger partial charge in [-0.25, -0.2) is 4.98 Å². The summed E-state index contributed by atoms with van der Waals surface area (Å²) in [5.74, 6) is -0.432. The van der Waals surface area contributed by atoms with Gasteiger partial charge in [-0.1, -0.05) is 12.8 Å². The quantitative estimate of drug-likeness (QED) is 0.808. The maximum atomic E-state index is 12.7. The van der Waals surface area contributed by atoms with Crippen molar-refractivity contribution in [3.63, 3.8) is 0 Å². The first-order chi connectivity index (χ1) is 8.74. The number of rotatable bonds is 4. The van der Waals surface area contributed by atoms with Crippen molar-refractivity contribution in [2.45, 2.75) is 51.1 Å². The van der Waals surface area contributed by atoms with Crippen LogP contribution < -0.4 is 10.6 Å². The molecule has 1 aliphatic heterocycles. The molecule has 0 spiro atoms. The van der Waals surface area contributed by atoms with Crippen LogP contribution in [0.2, 0.25) is 0 Å². The van der Waals surface area contributed by atoms with Crippen LogP contribution in [-0.4, -0.2) is 23.6 Å². The predicted molar refractivity (Wildman–Crippen MR) is 72.2 cm³/mol. The molecule has 2 N–H and O–H groups in total. The van der Waals surface area contributed by atoms with Crippen molar-refractivity contribution in [2.24, 2.45) is 0 Å². The third-order valence-corrected chi connectivity index (χ3v) is 3.44. The Labute approximate surface area is 108 Å². The van der Waals surface area contributed by atoms with Crippen molar-refractivity contribution >= 4 is 5.69 Å². The number of nitrogens with zero attached hydrogens (tertiary/aromatic N) is 1. The number of hydrogen-bond acceptors (Lipinski definition) is 3. The lowest BCUT2D eigenvalue weighted by molar-refractivity contribution is 0.456. The molecular formula is C14H22FN3. The van der Waals surface area contributed by atoms with Crippen molar-refractivity contribution in [2.75, 3.05) is 11.9 Å². The van der Waals surface area contributed by atoms with E-state index >= 15 is 0 Å². The number of pyridine rings is 1. The van der Waals surface area contributed by atoms with Crippen LogP contribution in [0.1, 0.15) is 39.0 Å². The van der Waals surface area contributed by atoms with E-state index in [-0.39, 0.29) is 0 Å². The normalized spacial score (nSPS) is 22.2. The molecular weight excluding hydrogens is 229 g/mol. The molecule has 18 heavy (non-hydrogen) atoms. The van der Waals surface area contributed by atoms with Crippen LogP contribution in [0.4, 0.5) is 10.1 Å². The van der Waals surface area contributed by atoms with Gasteiger partial charge in [-0.15, -0.1) is 0 Å². The second-order valence-electron chi connectivity index (χ2n) is 5.15. The van der Waals surface area contributed by atoms with Gasteiger partial charge < -0.3 is 10.6 Å². The second-order valence-corrected chi connectivity index (χ2v) is 5.15. The van der Waals surface area contributed by atoms with Gasteiger partial charge in [0.2, 0.25) is 5.95 Å². The minimum Gasteiger partial charge on any atom is -0.381 e. The first kappa shape index (κ1) is 13.3. The lowest BCUT2D eigenvalue weighted by Gasteiger charge is -2.22. The predicted octanol–water partition coefficient (Wildman–Crippen LogP) is 2.94. The number of halogens is 1. The van der Waals surface area contributed by atoms with Crippen molar-refractivity contribution < 1.29 is 4.39 Å². The largest absolute Gasteiger partial charge is 0.381 e. The van der Waals surface area contributed by atoms with E-state index < -0.39 is 5.95 Å². The van der Waals surface area contributed by atoms with E-state index in [1.165, 1.54) is 31.7 Å². The van der Waals surface area contributed by atoms with Crippen LogP contribution in [0.3, 0.4) is 0 Å². The minimum atomic E-state index is -0.432. The van der Waals surface area contributed by atoms with Crippen LogP contribution in [0.5, 0.6) is 0 Å². The summed E-state index contributed by atoms with van der Waals surface area (Å²) in [6.45, 7) is 3.30. The Balaban J connectivity index is 1.80. The molecule has 2 heterocycles. The first-order valence-electron chi connectivity index (χ1n) is 6.85. The van der Waals surface area contributed by atoms with Gasteiger partial charge in [0.05, 0.1) is 11.9 Å². The van der Waals surface area contributed by atoms with Gasteiger partial charge in [-0.3, -0.25) is 0 Å². The Morgan fingerprint density at radius 2 is 2.33 bits per heavy atom. The summed E-state index contributed by atoms with van der Waals surface area (Å²) in [6, 6.07) is 4.09. The van der Waals surface area contributed by atoms with E-state index in [0.29, 0.717) is 12.1 Å². The third-order valence-electron chi connectivity index (χ3n) is 3.44. The van der Waals surface area contributed by atoms with Crippen LogP contribution in [0.25, 0.3) is 0 Å². The summed E-state index contributed by atoms with van der Waals surface area (Å²) in [6.07, 6.45) is 7.85. The van der Waals surface area contributed by atoms with E-state index in [2.05, 4.69) is 22.5 Å². The highest BCUT2D eigenvalue weighted by atomic mass is 19.1. The second kappa shape index (κ2) is 6.69. The van der Waals surface area contributed by atoms with E-state index in [1.54, 1.807) is 12.3 Å². The fourth-order valence-corrected chi connectivity index (χ4v) is 2.53. The number of anilines is 1. The number of nitrogens with one attached hydrogen (secondary N) is 2. The Morgan fingerprint density at radius 3 is 3.11 bits per heavy atom. The minimum absolute atomic E-state index is 0.368. The molecule has 0 saturated carbocycles. The molecule has 0 amide bonds. The van der Waals surface area contributed by atoms with E-state index in [0.717, 1.165) is 18.7 Å². The number of aromatic nitrogens is 1. The maximum absolute atomic E-state index is 12.7. The molecule has 1 saturated heterocycles. The zero-order valence-electron chi connectivity index (χ0n) is 11.0. The lowest BCUT2D eigenvalue weighted by Crippen LogP contribution is -2.33. The zero-order chi connectivity index (χ0) is 12.8. The van der Waals surface area contributed by atoms with Crippen molar-refractivity contribution in [1.82, 2.24) is 10.3 Å². The molecule has 4 heteroatoms. The molecule has 3 nitrogen and oxygen atoms in total. The zero-order valence-corrected chi connectivity index (χ0v) is 11.0.